The van der Waals surface area contributed by atoms with Crippen molar-refractivity contribution >= 4 is 81.6 Å². The van der Waals surface area contributed by atoms with Crippen LogP contribution in [0.15, 0.2) is 36.4 Å². The molecule has 1 saturated carbocycles. The lowest BCUT2D eigenvalue weighted by Gasteiger charge is -2.10. The van der Waals surface area contributed by atoms with Crippen molar-refractivity contribution in [2.24, 2.45) is 5.92 Å². The summed E-state index contributed by atoms with van der Waals surface area (Å²) >= 11 is 30.7. The first-order valence-corrected chi connectivity index (χ1v) is 10.1. The highest BCUT2D eigenvalue weighted by Gasteiger charge is 2.67. The van der Waals surface area contributed by atoms with Crippen molar-refractivity contribution in [2.45, 2.75) is 10.3 Å². The van der Waals surface area contributed by atoms with Crippen molar-refractivity contribution in [2.75, 3.05) is 5.32 Å². The zero-order chi connectivity index (χ0) is 22.2. The second-order valence-corrected chi connectivity index (χ2v) is 9.13. The standard InChI is InChI=1S/C18H12Cl5N3O4/c19-8-3-7(4-9(20)5-8)13-14(18(13,22)23)16(28)24-10-1-2-12(21)11(6-10)15(27)25-26-17(29)30/h1-6,13-14,26H,(H,24,28)(H,25,27)(H,29,30). The molecule has 0 aliphatic heterocycles. The molecular weight excluding hydrogens is 499 g/mol. The highest BCUT2D eigenvalue weighted by atomic mass is 35.5. The van der Waals surface area contributed by atoms with Crippen LogP contribution in [0.4, 0.5) is 10.5 Å². The Balaban J connectivity index is 1.77. The van der Waals surface area contributed by atoms with Crippen LogP contribution in [0.2, 0.25) is 15.1 Å². The summed E-state index contributed by atoms with van der Waals surface area (Å²) in [5.41, 5.74) is 4.48. The first-order valence-electron chi connectivity index (χ1n) is 8.24. The largest absolute Gasteiger partial charge is 0.464 e. The number of amides is 3. The van der Waals surface area contributed by atoms with E-state index in [4.69, 9.17) is 63.1 Å². The molecule has 7 nitrogen and oxygen atoms in total. The number of alkyl halides is 2. The van der Waals surface area contributed by atoms with E-state index in [1.807, 2.05) is 5.43 Å². The Morgan fingerprint density at radius 2 is 1.57 bits per heavy atom. The summed E-state index contributed by atoms with van der Waals surface area (Å²) < 4.78 is -1.36. The predicted octanol–water partition coefficient (Wildman–Crippen LogP) is 5.09. The van der Waals surface area contributed by atoms with Crippen LogP contribution < -0.4 is 16.2 Å². The number of benzene rings is 2. The second-order valence-electron chi connectivity index (χ2n) is 6.40. The fraction of sp³-hybridized carbons (Fsp3) is 0.167. The third kappa shape index (κ3) is 4.87. The number of halogens is 5. The van der Waals surface area contributed by atoms with E-state index in [1.54, 1.807) is 23.6 Å². The molecule has 0 heterocycles. The lowest BCUT2D eigenvalue weighted by molar-refractivity contribution is -0.117. The molecule has 3 rings (SSSR count). The van der Waals surface area contributed by atoms with E-state index >= 15 is 0 Å². The average Bonchev–Trinajstić information content (AvgIpc) is 3.22. The average molecular weight is 512 g/mol. The van der Waals surface area contributed by atoms with Crippen molar-refractivity contribution in [3.63, 3.8) is 0 Å². The van der Waals surface area contributed by atoms with Gasteiger partial charge in [0.25, 0.3) is 5.91 Å². The second kappa shape index (κ2) is 8.69. The van der Waals surface area contributed by atoms with E-state index < -0.39 is 34.1 Å². The van der Waals surface area contributed by atoms with Crippen LogP contribution in [-0.2, 0) is 4.79 Å². The molecule has 2 aromatic carbocycles. The first kappa shape index (κ1) is 22.8. The van der Waals surface area contributed by atoms with Crippen molar-refractivity contribution in [1.82, 2.24) is 10.9 Å². The number of carbonyl (C=O) groups excluding carboxylic acids is 2. The molecule has 2 unspecified atom stereocenters. The molecule has 2 aromatic rings. The fourth-order valence-electron chi connectivity index (χ4n) is 3.00. The molecule has 0 radical (unpaired) electrons. The molecule has 1 aliphatic rings. The Labute approximate surface area is 195 Å². The van der Waals surface area contributed by atoms with Crippen molar-refractivity contribution in [3.8, 4) is 0 Å². The normalized spacial score (nSPS) is 19.0. The Morgan fingerprint density at radius 1 is 0.933 bits per heavy atom. The number of hydrogen-bond acceptors (Lipinski definition) is 3. The van der Waals surface area contributed by atoms with Gasteiger partial charge >= 0.3 is 6.09 Å². The number of anilines is 1. The summed E-state index contributed by atoms with van der Waals surface area (Å²) in [5, 5.41) is 12.0. The minimum absolute atomic E-state index is 0.0552. The van der Waals surface area contributed by atoms with Crippen LogP contribution >= 0.6 is 58.0 Å². The molecular formula is C18H12Cl5N3O4. The molecule has 2 atom stereocenters. The summed E-state index contributed by atoms with van der Waals surface area (Å²) in [6.07, 6.45) is -1.45. The Morgan fingerprint density at radius 3 is 2.17 bits per heavy atom. The van der Waals surface area contributed by atoms with Gasteiger partial charge in [0, 0.05) is 21.7 Å². The van der Waals surface area contributed by atoms with E-state index in [2.05, 4.69) is 5.32 Å². The Kier molecular flexibility index (Phi) is 6.60. The molecule has 1 aliphatic carbocycles. The van der Waals surface area contributed by atoms with Gasteiger partial charge in [-0.05, 0) is 42.0 Å². The van der Waals surface area contributed by atoms with E-state index in [1.165, 1.54) is 18.2 Å². The van der Waals surface area contributed by atoms with Gasteiger partial charge in [0.2, 0.25) is 5.91 Å². The first-order chi connectivity index (χ1) is 14.0. The minimum Gasteiger partial charge on any atom is -0.464 e. The molecule has 0 spiro atoms. The number of carbonyl (C=O) groups is 3. The van der Waals surface area contributed by atoms with Gasteiger partial charge in [0.05, 0.1) is 16.5 Å². The summed E-state index contributed by atoms with van der Waals surface area (Å²) in [6, 6.07) is 8.95. The molecule has 3 amide bonds. The maximum Gasteiger partial charge on any atom is 0.423 e. The lowest BCUT2D eigenvalue weighted by atomic mass is 10.1. The molecule has 12 heteroatoms. The number of hydrazine groups is 1. The van der Waals surface area contributed by atoms with Gasteiger partial charge in [-0.1, -0.05) is 34.8 Å². The van der Waals surface area contributed by atoms with Crippen LogP contribution in [-0.4, -0.2) is 27.3 Å². The van der Waals surface area contributed by atoms with Gasteiger partial charge in [-0.3, -0.25) is 15.0 Å². The van der Waals surface area contributed by atoms with E-state index in [0.29, 0.717) is 15.6 Å². The fourth-order valence-corrected chi connectivity index (χ4v) is 4.57. The summed E-state index contributed by atoms with van der Waals surface area (Å²) in [7, 11) is 0. The smallest absolute Gasteiger partial charge is 0.423 e. The molecule has 1 fully saturated rings. The lowest BCUT2D eigenvalue weighted by Crippen LogP contribution is -2.40. The van der Waals surface area contributed by atoms with Crippen molar-refractivity contribution < 1.29 is 19.5 Å². The van der Waals surface area contributed by atoms with E-state index in [-0.39, 0.29) is 16.3 Å². The zero-order valence-electron chi connectivity index (χ0n) is 14.7. The highest BCUT2D eigenvalue weighted by Crippen LogP contribution is 2.65. The van der Waals surface area contributed by atoms with Crippen LogP contribution in [0, 0.1) is 5.92 Å². The van der Waals surface area contributed by atoms with Crippen molar-refractivity contribution in [1.29, 1.82) is 0 Å². The van der Waals surface area contributed by atoms with Crippen LogP contribution in [0.1, 0.15) is 21.8 Å². The SMILES string of the molecule is O=C(O)NNC(=O)c1cc(NC(=O)C2C(c3cc(Cl)cc(Cl)c3)C2(Cl)Cl)ccc1Cl. The van der Waals surface area contributed by atoms with Crippen LogP contribution in [0.3, 0.4) is 0 Å². The van der Waals surface area contributed by atoms with Gasteiger partial charge in [0.1, 0.15) is 4.33 Å². The van der Waals surface area contributed by atoms with Gasteiger partial charge in [-0.15, -0.1) is 23.2 Å². The van der Waals surface area contributed by atoms with Crippen LogP contribution in [0.25, 0.3) is 0 Å². The zero-order valence-corrected chi connectivity index (χ0v) is 18.5. The van der Waals surface area contributed by atoms with Gasteiger partial charge in [-0.2, -0.15) is 0 Å². The summed E-state index contributed by atoms with van der Waals surface area (Å²) in [6.45, 7) is 0. The molecule has 0 bridgehead atoms. The summed E-state index contributed by atoms with van der Waals surface area (Å²) in [5.74, 6) is -2.62. The molecule has 4 N–H and O–H groups in total. The topological polar surface area (TPSA) is 108 Å². The maximum absolute atomic E-state index is 12.8. The molecule has 30 heavy (non-hydrogen) atoms. The van der Waals surface area contributed by atoms with E-state index in [0.717, 1.165) is 0 Å². The van der Waals surface area contributed by atoms with Gasteiger partial charge in [-0.25, -0.2) is 10.2 Å². The highest BCUT2D eigenvalue weighted by molar-refractivity contribution is 6.53. The third-order valence-corrected chi connectivity index (χ3v) is 6.05. The van der Waals surface area contributed by atoms with Gasteiger partial charge in [0.15, 0.2) is 0 Å². The predicted molar refractivity (Wildman–Crippen MR) is 116 cm³/mol. The maximum atomic E-state index is 12.8. The van der Waals surface area contributed by atoms with E-state index in [9.17, 15) is 14.4 Å². The molecule has 0 aromatic heterocycles. The number of hydrogen-bond donors (Lipinski definition) is 4. The summed E-state index contributed by atoms with van der Waals surface area (Å²) in [4.78, 5) is 35.3. The monoisotopic (exact) mass is 509 g/mol. The van der Waals surface area contributed by atoms with Gasteiger partial charge < -0.3 is 10.4 Å². The molecule has 158 valence electrons. The number of nitrogens with one attached hydrogen (secondary N) is 3. The third-order valence-electron chi connectivity index (χ3n) is 4.34. The minimum atomic E-state index is -1.45. The number of rotatable bonds is 4. The quantitative estimate of drug-likeness (QED) is 0.339. The van der Waals surface area contributed by atoms with Crippen LogP contribution in [0.5, 0.6) is 0 Å². The Bertz CT molecular complexity index is 1030. The molecule has 0 saturated heterocycles. The number of carboxylic acid groups (broad SMARTS) is 1. The Hall–Kier alpha value is -1.90. The van der Waals surface area contributed by atoms with Crippen molar-refractivity contribution in [3.05, 3.63) is 62.6 Å².